The highest BCUT2D eigenvalue weighted by Gasteiger charge is 2.49. The Hall–Kier alpha value is -1.31. The Morgan fingerprint density at radius 2 is 1.88 bits per heavy atom. The lowest BCUT2D eigenvalue weighted by molar-refractivity contribution is -0.180. The van der Waals surface area contributed by atoms with Crippen LogP contribution in [0.15, 0.2) is 0 Å². The zero-order valence-electron chi connectivity index (χ0n) is 8.75. The van der Waals surface area contributed by atoms with Gasteiger partial charge in [0.05, 0.1) is 6.04 Å². The van der Waals surface area contributed by atoms with Crippen LogP contribution in [0.5, 0.6) is 0 Å². The number of carbonyl (C=O) groups is 2. The van der Waals surface area contributed by atoms with Gasteiger partial charge in [-0.1, -0.05) is 6.42 Å². The smallest absolute Gasteiger partial charge is 0.471 e. The van der Waals surface area contributed by atoms with Gasteiger partial charge in [-0.05, 0) is 19.3 Å². The summed E-state index contributed by atoms with van der Waals surface area (Å²) in [4.78, 5) is 21.5. The van der Waals surface area contributed by atoms with E-state index in [1.165, 1.54) is 5.32 Å². The Labute approximate surface area is 94.6 Å². The summed E-state index contributed by atoms with van der Waals surface area (Å²) >= 11 is 0. The number of carboxylic acids is 1. The number of carboxylic acid groups (broad SMARTS) is 1. The molecular formula is C9H12F3NO4. The lowest BCUT2D eigenvalue weighted by atomic mass is 9.80. The number of rotatable bonds is 2. The van der Waals surface area contributed by atoms with E-state index in [1.807, 2.05) is 0 Å². The van der Waals surface area contributed by atoms with Crippen molar-refractivity contribution in [1.29, 1.82) is 0 Å². The van der Waals surface area contributed by atoms with E-state index in [-0.39, 0.29) is 12.8 Å². The molecule has 17 heavy (non-hydrogen) atoms. The van der Waals surface area contributed by atoms with E-state index in [0.29, 0.717) is 12.8 Å². The maximum Gasteiger partial charge on any atom is 0.471 e. The van der Waals surface area contributed by atoms with Crippen LogP contribution in [-0.4, -0.2) is 39.9 Å². The van der Waals surface area contributed by atoms with E-state index in [0.717, 1.165) is 0 Å². The van der Waals surface area contributed by atoms with Crippen molar-refractivity contribution in [2.24, 2.45) is 0 Å². The molecule has 1 aliphatic carbocycles. The highest BCUT2D eigenvalue weighted by molar-refractivity contribution is 5.84. The molecule has 98 valence electrons. The average molecular weight is 255 g/mol. The summed E-state index contributed by atoms with van der Waals surface area (Å²) in [6.45, 7) is 0. The summed E-state index contributed by atoms with van der Waals surface area (Å²) in [5.74, 6) is -3.85. The molecule has 0 saturated heterocycles. The molecule has 0 radical (unpaired) electrons. The van der Waals surface area contributed by atoms with E-state index < -0.39 is 29.7 Å². The Balaban J connectivity index is 2.80. The minimum atomic E-state index is -5.09. The maximum atomic E-state index is 12.0. The van der Waals surface area contributed by atoms with Gasteiger partial charge in [0.2, 0.25) is 0 Å². The van der Waals surface area contributed by atoms with Crippen LogP contribution in [-0.2, 0) is 9.59 Å². The van der Waals surface area contributed by atoms with E-state index in [1.54, 1.807) is 0 Å². The molecule has 1 rings (SSSR count). The fourth-order valence-electron chi connectivity index (χ4n) is 1.84. The number of aliphatic hydroxyl groups is 1. The molecule has 0 aromatic carbocycles. The number of carbonyl (C=O) groups excluding carboxylic acids is 1. The Kier molecular flexibility index (Phi) is 3.65. The van der Waals surface area contributed by atoms with Crippen LogP contribution in [0.3, 0.4) is 0 Å². The van der Waals surface area contributed by atoms with Crippen molar-refractivity contribution < 1.29 is 33.0 Å². The predicted molar refractivity (Wildman–Crippen MR) is 49.0 cm³/mol. The molecule has 2 atom stereocenters. The summed E-state index contributed by atoms with van der Waals surface area (Å²) in [6, 6.07) is -1.41. The van der Waals surface area contributed by atoms with Crippen molar-refractivity contribution in [1.82, 2.24) is 5.32 Å². The van der Waals surface area contributed by atoms with Crippen LogP contribution < -0.4 is 5.32 Å². The highest BCUT2D eigenvalue weighted by atomic mass is 19.4. The van der Waals surface area contributed by atoms with Gasteiger partial charge in [-0.25, -0.2) is 4.79 Å². The van der Waals surface area contributed by atoms with Gasteiger partial charge < -0.3 is 15.5 Å². The number of halogens is 3. The van der Waals surface area contributed by atoms with Crippen LogP contribution >= 0.6 is 0 Å². The van der Waals surface area contributed by atoms with Crippen molar-refractivity contribution in [3.63, 3.8) is 0 Å². The molecule has 0 spiro atoms. The average Bonchev–Trinajstić information content (AvgIpc) is 2.19. The van der Waals surface area contributed by atoms with Gasteiger partial charge in [0, 0.05) is 0 Å². The second-order valence-corrected chi connectivity index (χ2v) is 4.00. The molecule has 0 aromatic rings. The Bertz CT molecular complexity index is 331. The first kappa shape index (κ1) is 13.8. The highest BCUT2D eigenvalue weighted by Crippen LogP contribution is 2.29. The molecule has 0 aromatic heterocycles. The van der Waals surface area contributed by atoms with Gasteiger partial charge in [-0.3, -0.25) is 4.79 Å². The second-order valence-electron chi connectivity index (χ2n) is 4.00. The van der Waals surface area contributed by atoms with Crippen LogP contribution in [0.1, 0.15) is 25.7 Å². The minimum absolute atomic E-state index is 0.00458. The molecule has 0 bridgehead atoms. The monoisotopic (exact) mass is 255 g/mol. The first-order valence-electron chi connectivity index (χ1n) is 5.01. The van der Waals surface area contributed by atoms with Crippen molar-refractivity contribution in [2.75, 3.05) is 0 Å². The summed E-state index contributed by atoms with van der Waals surface area (Å²) in [5.41, 5.74) is -2.32. The molecule has 8 heteroatoms. The van der Waals surface area contributed by atoms with Crippen LogP contribution in [0, 0.1) is 0 Å². The summed E-state index contributed by atoms with van der Waals surface area (Å²) < 4.78 is 36.0. The number of amides is 1. The van der Waals surface area contributed by atoms with E-state index in [9.17, 15) is 27.9 Å². The van der Waals surface area contributed by atoms with Gasteiger partial charge in [-0.2, -0.15) is 13.2 Å². The third kappa shape index (κ3) is 2.87. The lowest BCUT2D eigenvalue weighted by Gasteiger charge is -2.36. The summed E-state index contributed by atoms with van der Waals surface area (Å²) in [6.07, 6.45) is -4.41. The number of nitrogens with one attached hydrogen (secondary N) is 1. The summed E-state index contributed by atoms with van der Waals surface area (Å²) in [7, 11) is 0. The van der Waals surface area contributed by atoms with Crippen molar-refractivity contribution in [2.45, 2.75) is 43.5 Å². The van der Waals surface area contributed by atoms with Crippen molar-refractivity contribution in [3.05, 3.63) is 0 Å². The quantitative estimate of drug-likeness (QED) is 0.667. The normalized spacial score (nSPS) is 29.8. The molecule has 0 aliphatic heterocycles. The van der Waals surface area contributed by atoms with Gasteiger partial charge >= 0.3 is 18.1 Å². The lowest BCUT2D eigenvalue weighted by Crippen LogP contribution is -2.60. The minimum Gasteiger partial charge on any atom is -0.479 e. The van der Waals surface area contributed by atoms with Crippen molar-refractivity contribution in [3.8, 4) is 0 Å². The molecule has 1 amide bonds. The zero-order chi connectivity index (χ0) is 13.3. The van der Waals surface area contributed by atoms with Gasteiger partial charge in [0.25, 0.3) is 0 Å². The molecule has 5 nitrogen and oxygen atoms in total. The first-order valence-corrected chi connectivity index (χ1v) is 5.01. The fraction of sp³-hybridized carbons (Fsp3) is 0.778. The molecular weight excluding hydrogens is 243 g/mol. The second kappa shape index (κ2) is 4.52. The number of hydrogen-bond acceptors (Lipinski definition) is 3. The van der Waals surface area contributed by atoms with Gasteiger partial charge in [0.15, 0.2) is 5.60 Å². The van der Waals surface area contributed by atoms with Crippen LogP contribution in [0.25, 0.3) is 0 Å². The third-order valence-corrected chi connectivity index (χ3v) is 2.81. The van der Waals surface area contributed by atoms with E-state index in [2.05, 4.69) is 0 Å². The standard InChI is InChI=1S/C9H12F3NO4/c10-9(11,12)6(14)13-5-3-1-2-4-8(5,17)7(15)16/h5,17H,1-4H2,(H,13,14)(H,15,16)/t5-,8-/m1/s1. The maximum absolute atomic E-state index is 12.0. The molecule has 1 aliphatic rings. The SMILES string of the molecule is O=C(N[C@@H]1CCCC[C@]1(O)C(=O)O)C(F)(F)F. The number of hydrogen-bond donors (Lipinski definition) is 3. The topological polar surface area (TPSA) is 86.6 Å². The molecule has 1 fully saturated rings. The summed E-state index contributed by atoms with van der Waals surface area (Å²) in [5, 5.41) is 20.1. The van der Waals surface area contributed by atoms with E-state index in [4.69, 9.17) is 5.11 Å². The zero-order valence-corrected chi connectivity index (χ0v) is 8.75. The van der Waals surface area contributed by atoms with Crippen LogP contribution in [0.4, 0.5) is 13.2 Å². The fourth-order valence-corrected chi connectivity index (χ4v) is 1.84. The Morgan fingerprint density at radius 1 is 1.29 bits per heavy atom. The molecule has 0 heterocycles. The third-order valence-electron chi connectivity index (χ3n) is 2.81. The largest absolute Gasteiger partial charge is 0.479 e. The van der Waals surface area contributed by atoms with E-state index >= 15 is 0 Å². The van der Waals surface area contributed by atoms with Crippen LogP contribution in [0.2, 0.25) is 0 Å². The van der Waals surface area contributed by atoms with Gasteiger partial charge in [0.1, 0.15) is 0 Å². The molecule has 1 saturated carbocycles. The molecule has 0 unspecified atom stereocenters. The van der Waals surface area contributed by atoms with Gasteiger partial charge in [-0.15, -0.1) is 0 Å². The first-order chi connectivity index (χ1) is 7.68. The molecule has 3 N–H and O–H groups in total. The number of alkyl halides is 3. The van der Waals surface area contributed by atoms with Crippen molar-refractivity contribution >= 4 is 11.9 Å². The Morgan fingerprint density at radius 3 is 2.35 bits per heavy atom. The number of aliphatic carboxylic acids is 1. The predicted octanol–water partition coefficient (Wildman–Crippen LogP) is 0.423.